The Morgan fingerprint density at radius 2 is 2.21 bits per heavy atom. The van der Waals surface area contributed by atoms with Crippen molar-refractivity contribution in [2.75, 3.05) is 6.54 Å². The molecule has 1 amide bonds. The maximum absolute atomic E-state index is 12.9. The Kier molecular flexibility index (Phi) is 4.08. The van der Waals surface area contributed by atoms with E-state index in [9.17, 15) is 4.79 Å². The van der Waals surface area contributed by atoms with Crippen molar-refractivity contribution in [1.82, 2.24) is 25.1 Å². The minimum absolute atomic E-state index is 0.00967. The molecule has 0 aliphatic carbocycles. The van der Waals surface area contributed by atoms with E-state index in [-0.39, 0.29) is 11.9 Å². The summed E-state index contributed by atoms with van der Waals surface area (Å²) < 4.78 is 0. The molecular weight excluding hydrogens is 322 g/mol. The van der Waals surface area contributed by atoms with Crippen molar-refractivity contribution in [1.29, 1.82) is 0 Å². The number of H-pyrrole nitrogens is 1. The van der Waals surface area contributed by atoms with Gasteiger partial charge in [0.1, 0.15) is 12.0 Å². The van der Waals surface area contributed by atoms with Gasteiger partial charge in [0.15, 0.2) is 10.8 Å². The summed E-state index contributed by atoms with van der Waals surface area (Å²) >= 11 is 1.41. The van der Waals surface area contributed by atoms with Crippen molar-refractivity contribution in [3.05, 3.63) is 53.3 Å². The second kappa shape index (κ2) is 6.52. The molecule has 1 aromatic carbocycles. The zero-order valence-corrected chi connectivity index (χ0v) is 13.9. The number of benzene rings is 1. The minimum atomic E-state index is 0.00967. The Hall–Kier alpha value is -2.54. The molecule has 1 saturated heterocycles. The van der Waals surface area contributed by atoms with Gasteiger partial charge < -0.3 is 4.90 Å². The van der Waals surface area contributed by atoms with E-state index < -0.39 is 0 Å². The molecule has 1 N–H and O–H groups in total. The van der Waals surface area contributed by atoms with E-state index in [4.69, 9.17) is 0 Å². The molecule has 1 fully saturated rings. The normalized spacial score (nSPS) is 17.3. The van der Waals surface area contributed by atoms with Gasteiger partial charge in [-0.05, 0) is 24.8 Å². The number of nitrogens with zero attached hydrogens (tertiary/aromatic N) is 4. The first-order valence-corrected chi connectivity index (χ1v) is 8.85. The minimum Gasteiger partial charge on any atom is -0.334 e. The molecule has 1 aliphatic rings. The number of amides is 1. The largest absolute Gasteiger partial charge is 0.334 e. The van der Waals surface area contributed by atoms with Gasteiger partial charge in [-0.2, -0.15) is 5.10 Å². The summed E-state index contributed by atoms with van der Waals surface area (Å²) in [5.74, 6) is 0.608. The number of aromatic amines is 1. The van der Waals surface area contributed by atoms with Crippen LogP contribution in [0, 0.1) is 0 Å². The summed E-state index contributed by atoms with van der Waals surface area (Å²) in [6.45, 7) is 0.797. The van der Waals surface area contributed by atoms with Crippen molar-refractivity contribution in [3.8, 4) is 10.8 Å². The first kappa shape index (κ1) is 15.0. The fourth-order valence-electron chi connectivity index (χ4n) is 3.14. The second-order valence-corrected chi connectivity index (χ2v) is 6.71. The summed E-state index contributed by atoms with van der Waals surface area (Å²) in [4.78, 5) is 23.3. The van der Waals surface area contributed by atoms with Crippen LogP contribution in [0.3, 0.4) is 0 Å². The molecule has 6 nitrogen and oxygen atoms in total. The molecule has 3 heterocycles. The summed E-state index contributed by atoms with van der Waals surface area (Å²) in [5, 5.41) is 9.10. The molecule has 7 heteroatoms. The van der Waals surface area contributed by atoms with E-state index in [1.807, 2.05) is 23.1 Å². The number of aromatic nitrogens is 4. The highest BCUT2D eigenvalue weighted by molar-refractivity contribution is 7.13. The Morgan fingerprint density at radius 1 is 1.33 bits per heavy atom. The van der Waals surface area contributed by atoms with Crippen LogP contribution in [0.1, 0.15) is 28.9 Å². The molecule has 0 spiro atoms. The highest BCUT2D eigenvalue weighted by Crippen LogP contribution is 2.25. The maximum Gasteiger partial charge on any atom is 0.273 e. The van der Waals surface area contributed by atoms with Crippen molar-refractivity contribution in [3.63, 3.8) is 0 Å². The van der Waals surface area contributed by atoms with Crippen LogP contribution in [0.4, 0.5) is 0 Å². The number of carbonyl (C=O) groups excluding carboxylic acids is 1. The topological polar surface area (TPSA) is 74.8 Å². The Balaban J connectivity index is 1.51. The highest BCUT2D eigenvalue weighted by atomic mass is 32.1. The average molecular weight is 339 g/mol. The van der Waals surface area contributed by atoms with Crippen LogP contribution < -0.4 is 0 Å². The van der Waals surface area contributed by atoms with E-state index in [0.717, 1.165) is 25.8 Å². The van der Waals surface area contributed by atoms with Crippen LogP contribution in [0.2, 0.25) is 0 Å². The third kappa shape index (κ3) is 2.94. The molecule has 0 saturated carbocycles. The Labute approximate surface area is 143 Å². The van der Waals surface area contributed by atoms with E-state index in [0.29, 0.717) is 16.5 Å². The molecule has 2 aromatic heterocycles. The molecular formula is C17H17N5OS. The van der Waals surface area contributed by atoms with E-state index >= 15 is 0 Å². The van der Waals surface area contributed by atoms with E-state index in [1.54, 1.807) is 5.38 Å². The van der Waals surface area contributed by atoms with Gasteiger partial charge in [-0.3, -0.25) is 9.89 Å². The number of rotatable bonds is 4. The van der Waals surface area contributed by atoms with Gasteiger partial charge in [0.2, 0.25) is 0 Å². The molecule has 122 valence electrons. The molecule has 0 unspecified atom stereocenters. The molecule has 0 bridgehead atoms. The monoisotopic (exact) mass is 339 g/mol. The Morgan fingerprint density at radius 3 is 3.00 bits per heavy atom. The van der Waals surface area contributed by atoms with E-state index in [2.05, 4.69) is 32.3 Å². The number of hydrogen-bond donors (Lipinski definition) is 1. The lowest BCUT2D eigenvalue weighted by Gasteiger charge is -2.24. The third-order valence-corrected chi connectivity index (χ3v) is 5.14. The standard InChI is InChI=1S/C17H17N5OS/c23-17(14-10-24-16(20-14)15-18-11-19-21-15)22-8-4-7-13(22)9-12-5-2-1-3-6-12/h1-3,5-6,10-11,13H,4,7-9H2,(H,18,19,21)/t13-/m0/s1. The van der Waals surface area contributed by atoms with Crippen molar-refractivity contribution in [2.24, 2.45) is 0 Å². The number of carbonyl (C=O) groups is 1. The lowest BCUT2D eigenvalue weighted by Crippen LogP contribution is -2.37. The molecule has 24 heavy (non-hydrogen) atoms. The van der Waals surface area contributed by atoms with Gasteiger partial charge >= 0.3 is 0 Å². The van der Waals surface area contributed by atoms with Crippen LogP contribution >= 0.6 is 11.3 Å². The summed E-state index contributed by atoms with van der Waals surface area (Å²) in [6, 6.07) is 10.6. The summed E-state index contributed by atoms with van der Waals surface area (Å²) in [5.41, 5.74) is 1.76. The lowest BCUT2D eigenvalue weighted by molar-refractivity contribution is 0.0731. The SMILES string of the molecule is O=C(c1csc(-c2ncn[nH]2)n1)N1CCC[C@H]1Cc1ccccc1. The van der Waals surface area contributed by atoms with Gasteiger partial charge in [-0.15, -0.1) is 11.3 Å². The van der Waals surface area contributed by atoms with Gasteiger partial charge in [-0.1, -0.05) is 30.3 Å². The number of nitrogens with one attached hydrogen (secondary N) is 1. The highest BCUT2D eigenvalue weighted by Gasteiger charge is 2.30. The third-order valence-electron chi connectivity index (χ3n) is 4.29. The zero-order chi connectivity index (χ0) is 16.4. The van der Waals surface area contributed by atoms with Gasteiger partial charge in [-0.25, -0.2) is 9.97 Å². The van der Waals surface area contributed by atoms with Crippen LogP contribution in [0.25, 0.3) is 10.8 Å². The summed E-state index contributed by atoms with van der Waals surface area (Å²) in [6.07, 6.45) is 4.42. The van der Waals surface area contributed by atoms with Crippen LogP contribution in [0.5, 0.6) is 0 Å². The van der Waals surface area contributed by atoms with E-state index in [1.165, 1.54) is 23.2 Å². The lowest BCUT2D eigenvalue weighted by atomic mass is 10.0. The van der Waals surface area contributed by atoms with Gasteiger partial charge in [0, 0.05) is 18.0 Å². The predicted molar refractivity (Wildman–Crippen MR) is 91.7 cm³/mol. The molecule has 1 aliphatic heterocycles. The first-order valence-electron chi connectivity index (χ1n) is 7.97. The fourth-order valence-corrected chi connectivity index (χ4v) is 3.88. The molecule has 0 radical (unpaired) electrons. The average Bonchev–Trinajstić information content (AvgIpc) is 3.36. The first-order chi connectivity index (χ1) is 11.8. The fraction of sp³-hybridized carbons (Fsp3) is 0.294. The molecule has 3 aromatic rings. The summed E-state index contributed by atoms with van der Waals surface area (Å²) in [7, 11) is 0. The smallest absolute Gasteiger partial charge is 0.273 e. The number of thiazole rings is 1. The predicted octanol–water partition coefficient (Wildman–Crippen LogP) is 2.78. The zero-order valence-electron chi connectivity index (χ0n) is 13.1. The van der Waals surface area contributed by atoms with Gasteiger partial charge in [0.05, 0.1) is 0 Å². The maximum atomic E-state index is 12.9. The molecule has 4 rings (SSSR count). The number of likely N-dealkylation sites (tertiary alicyclic amines) is 1. The van der Waals surface area contributed by atoms with Crippen molar-refractivity contribution in [2.45, 2.75) is 25.3 Å². The van der Waals surface area contributed by atoms with Gasteiger partial charge in [0.25, 0.3) is 5.91 Å². The van der Waals surface area contributed by atoms with Crippen LogP contribution in [0.15, 0.2) is 42.0 Å². The quantitative estimate of drug-likeness (QED) is 0.793. The van der Waals surface area contributed by atoms with Crippen molar-refractivity contribution >= 4 is 17.2 Å². The second-order valence-electron chi connectivity index (χ2n) is 5.86. The van der Waals surface area contributed by atoms with Crippen LogP contribution in [-0.2, 0) is 6.42 Å². The Bertz CT molecular complexity index is 815. The van der Waals surface area contributed by atoms with Crippen LogP contribution in [-0.4, -0.2) is 43.6 Å². The van der Waals surface area contributed by atoms with Crippen molar-refractivity contribution < 1.29 is 4.79 Å². The molecule has 1 atom stereocenters. The number of hydrogen-bond acceptors (Lipinski definition) is 5.